The van der Waals surface area contributed by atoms with Gasteiger partial charge in [-0.2, -0.15) is 0 Å². The molecule has 0 radical (unpaired) electrons. The first kappa shape index (κ1) is 21.4. The van der Waals surface area contributed by atoms with E-state index in [4.69, 9.17) is 0 Å². The Hall–Kier alpha value is -2.36. The predicted octanol–water partition coefficient (Wildman–Crippen LogP) is 2.15. The minimum Gasteiger partial charge on any atom is -0.333 e. The van der Waals surface area contributed by atoms with E-state index in [1.807, 2.05) is 37.4 Å². The number of sulfonamides is 1. The lowest BCUT2D eigenvalue weighted by Crippen LogP contribution is -2.49. The van der Waals surface area contributed by atoms with E-state index in [9.17, 15) is 22.0 Å². The molecule has 9 heteroatoms. The number of piperazine rings is 1. The van der Waals surface area contributed by atoms with Crippen LogP contribution in [-0.2, 0) is 14.8 Å². The predicted molar refractivity (Wildman–Crippen MR) is 105 cm³/mol. The summed E-state index contributed by atoms with van der Waals surface area (Å²) in [5.74, 6) is -2.53. The largest absolute Gasteiger partial charge is 0.333 e. The zero-order valence-corrected chi connectivity index (χ0v) is 16.8. The summed E-state index contributed by atoms with van der Waals surface area (Å²) in [7, 11) is -2.04. The number of hydrogen-bond donors (Lipinski definition) is 1. The molecule has 1 unspecified atom stereocenters. The molecule has 2 aromatic carbocycles. The van der Waals surface area contributed by atoms with Crippen molar-refractivity contribution >= 4 is 15.9 Å². The lowest BCUT2D eigenvalue weighted by atomic mass is 10.0. The number of amides is 1. The van der Waals surface area contributed by atoms with Crippen LogP contribution in [0.2, 0.25) is 0 Å². The molecule has 156 valence electrons. The molecule has 0 spiro atoms. The third-order valence-electron chi connectivity index (χ3n) is 4.92. The molecule has 1 saturated heterocycles. The molecule has 1 N–H and O–H groups in total. The molecule has 1 heterocycles. The van der Waals surface area contributed by atoms with Crippen molar-refractivity contribution in [2.75, 3.05) is 33.2 Å². The highest BCUT2D eigenvalue weighted by molar-refractivity contribution is 7.89. The lowest BCUT2D eigenvalue weighted by Gasteiger charge is -2.40. The van der Waals surface area contributed by atoms with Gasteiger partial charge in [0.2, 0.25) is 15.9 Å². The number of nitrogens with one attached hydrogen (secondary N) is 1. The molecule has 2 aromatic rings. The van der Waals surface area contributed by atoms with Gasteiger partial charge in [0.15, 0.2) is 11.6 Å². The number of rotatable bonds is 6. The maximum atomic E-state index is 13.3. The Bertz CT molecular complexity index is 970. The summed E-state index contributed by atoms with van der Waals surface area (Å²) in [6, 6.07) is 11.9. The molecule has 0 bridgehead atoms. The average molecular weight is 423 g/mol. The summed E-state index contributed by atoms with van der Waals surface area (Å²) in [4.78, 5) is 16.3. The summed E-state index contributed by atoms with van der Waals surface area (Å²) < 4.78 is 53.1. The smallest absolute Gasteiger partial charge is 0.240 e. The van der Waals surface area contributed by atoms with Crippen molar-refractivity contribution in [3.8, 4) is 0 Å². The van der Waals surface area contributed by atoms with Gasteiger partial charge in [-0.15, -0.1) is 0 Å². The first-order valence-corrected chi connectivity index (χ1v) is 10.7. The molecule has 1 aliphatic rings. The van der Waals surface area contributed by atoms with Crippen LogP contribution in [0, 0.1) is 11.6 Å². The van der Waals surface area contributed by atoms with Crippen molar-refractivity contribution in [3.63, 3.8) is 0 Å². The van der Waals surface area contributed by atoms with Crippen LogP contribution in [0.3, 0.4) is 0 Å². The topological polar surface area (TPSA) is 69.7 Å². The Kier molecular flexibility index (Phi) is 6.61. The van der Waals surface area contributed by atoms with Gasteiger partial charge in [-0.1, -0.05) is 30.3 Å². The fraction of sp³-hybridized carbons (Fsp3) is 0.350. The zero-order chi connectivity index (χ0) is 21.0. The van der Waals surface area contributed by atoms with Crippen LogP contribution in [0.1, 0.15) is 18.0 Å². The van der Waals surface area contributed by atoms with E-state index >= 15 is 0 Å². The number of carbonyl (C=O) groups is 1. The fourth-order valence-corrected chi connectivity index (χ4v) is 4.38. The number of halogens is 2. The summed E-state index contributed by atoms with van der Waals surface area (Å²) in [5.41, 5.74) is 1.02. The first-order chi connectivity index (χ1) is 13.8. The summed E-state index contributed by atoms with van der Waals surface area (Å²) in [5, 5.41) is 0. The van der Waals surface area contributed by atoms with Crippen LogP contribution in [0.15, 0.2) is 53.4 Å². The van der Waals surface area contributed by atoms with Crippen molar-refractivity contribution in [1.82, 2.24) is 14.5 Å². The number of benzene rings is 2. The normalized spacial score (nSPS) is 18.0. The van der Waals surface area contributed by atoms with E-state index < -0.39 is 21.7 Å². The third-order valence-corrected chi connectivity index (χ3v) is 6.38. The molecule has 1 amide bonds. The molecular formula is C20H23F2N3O3S. The minimum absolute atomic E-state index is 0.0318. The van der Waals surface area contributed by atoms with Crippen LogP contribution >= 0.6 is 0 Å². The Balaban J connectivity index is 1.64. The summed E-state index contributed by atoms with van der Waals surface area (Å²) in [6.45, 7) is 1.84. The van der Waals surface area contributed by atoms with Crippen molar-refractivity contribution in [2.45, 2.75) is 17.4 Å². The van der Waals surface area contributed by atoms with Gasteiger partial charge in [-0.05, 0) is 30.8 Å². The molecule has 0 aliphatic carbocycles. The summed E-state index contributed by atoms with van der Waals surface area (Å²) >= 11 is 0. The second-order valence-corrected chi connectivity index (χ2v) is 8.77. The van der Waals surface area contributed by atoms with Gasteiger partial charge in [-0.3, -0.25) is 4.79 Å². The highest BCUT2D eigenvalue weighted by Crippen LogP contribution is 2.25. The van der Waals surface area contributed by atoms with Crippen LogP contribution in [-0.4, -0.2) is 57.4 Å². The minimum atomic E-state index is -4.04. The highest BCUT2D eigenvalue weighted by atomic mass is 32.2. The van der Waals surface area contributed by atoms with Crippen molar-refractivity contribution in [3.05, 3.63) is 65.7 Å². The molecule has 1 atom stereocenters. The van der Waals surface area contributed by atoms with Gasteiger partial charge >= 0.3 is 0 Å². The van der Waals surface area contributed by atoms with Gasteiger partial charge in [-0.25, -0.2) is 21.9 Å². The Morgan fingerprint density at radius 1 is 1.10 bits per heavy atom. The van der Waals surface area contributed by atoms with E-state index in [1.54, 1.807) is 4.90 Å². The number of carbonyl (C=O) groups excluding carboxylic acids is 1. The molecule has 0 aromatic heterocycles. The van der Waals surface area contributed by atoms with E-state index in [0.717, 1.165) is 24.2 Å². The molecule has 0 saturated carbocycles. The summed E-state index contributed by atoms with van der Waals surface area (Å²) in [6.07, 6.45) is -0.0318. The Morgan fingerprint density at radius 3 is 2.52 bits per heavy atom. The van der Waals surface area contributed by atoms with Crippen LogP contribution in [0.5, 0.6) is 0 Å². The third kappa shape index (κ3) is 5.17. The monoisotopic (exact) mass is 423 g/mol. The molecule has 3 rings (SSSR count). The molecule has 29 heavy (non-hydrogen) atoms. The van der Waals surface area contributed by atoms with E-state index in [0.29, 0.717) is 19.2 Å². The van der Waals surface area contributed by atoms with Gasteiger partial charge in [0.25, 0.3) is 0 Å². The van der Waals surface area contributed by atoms with E-state index in [2.05, 4.69) is 9.62 Å². The molecule has 1 fully saturated rings. The van der Waals surface area contributed by atoms with Crippen molar-refractivity contribution in [1.29, 1.82) is 0 Å². The van der Waals surface area contributed by atoms with Crippen molar-refractivity contribution in [2.24, 2.45) is 0 Å². The van der Waals surface area contributed by atoms with Gasteiger partial charge in [0.1, 0.15) is 0 Å². The molecular weight excluding hydrogens is 400 g/mol. The van der Waals surface area contributed by atoms with Crippen LogP contribution in [0.25, 0.3) is 0 Å². The lowest BCUT2D eigenvalue weighted by molar-refractivity contribution is -0.136. The number of hydrogen-bond acceptors (Lipinski definition) is 4. The number of likely N-dealkylation sites (N-methyl/N-ethyl adjacent to an activating group) is 1. The van der Waals surface area contributed by atoms with Crippen LogP contribution in [0.4, 0.5) is 8.78 Å². The quantitative estimate of drug-likeness (QED) is 0.773. The van der Waals surface area contributed by atoms with Gasteiger partial charge in [0, 0.05) is 32.6 Å². The fourth-order valence-electron chi connectivity index (χ4n) is 3.34. The maximum absolute atomic E-state index is 13.3. The van der Waals surface area contributed by atoms with E-state index in [-0.39, 0.29) is 29.8 Å². The van der Waals surface area contributed by atoms with Gasteiger partial charge < -0.3 is 9.80 Å². The SMILES string of the molecule is CN1CCN(C(=O)CCNS(=O)(=O)c2ccc(F)c(F)c2)C(c2ccccc2)C1. The molecule has 1 aliphatic heterocycles. The zero-order valence-electron chi connectivity index (χ0n) is 16.0. The first-order valence-electron chi connectivity index (χ1n) is 9.25. The standard InChI is InChI=1S/C20H23F2N3O3S/c1-24-11-12-25(19(14-24)15-5-3-2-4-6-15)20(26)9-10-23-29(27,28)16-7-8-17(21)18(22)13-16/h2-8,13,19,23H,9-12,14H2,1H3. The highest BCUT2D eigenvalue weighted by Gasteiger charge is 2.30. The van der Waals surface area contributed by atoms with E-state index in [1.165, 1.54) is 0 Å². The van der Waals surface area contributed by atoms with Crippen LogP contribution < -0.4 is 4.72 Å². The second-order valence-electron chi connectivity index (χ2n) is 7.00. The average Bonchev–Trinajstić information content (AvgIpc) is 2.70. The maximum Gasteiger partial charge on any atom is 0.240 e. The molecule has 6 nitrogen and oxygen atoms in total. The Morgan fingerprint density at radius 2 is 1.83 bits per heavy atom. The Labute approximate surface area is 169 Å². The van der Waals surface area contributed by atoms with Gasteiger partial charge in [0.05, 0.1) is 10.9 Å². The van der Waals surface area contributed by atoms with Crippen molar-refractivity contribution < 1.29 is 22.0 Å². The second kappa shape index (κ2) is 8.98. The number of nitrogens with zero attached hydrogens (tertiary/aromatic N) is 2.